The molecule has 0 fully saturated rings. The van der Waals surface area contributed by atoms with Gasteiger partial charge in [0, 0.05) is 0 Å². The van der Waals surface area contributed by atoms with Crippen molar-refractivity contribution in [3.8, 4) is 0 Å². The fraction of sp³-hybridized carbons (Fsp3) is 0.333. The second-order valence-electron chi connectivity index (χ2n) is 0.875. The lowest BCUT2D eigenvalue weighted by Crippen LogP contribution is -2.11. The van der Waals surface area contributed by atoms with Gasteiger partial charge in [0.25, 0.3) is 0 Å². The molecule has 0 heterocycles. The van der Waals surface area contributed by atoms with Crippen LogP contribution in [0.2, 0.25) is 0 Å². The van der Waals surface area contributed by atoms with E-state index in [1.165, 1.54) is 6.20 Å². The fourth-order valence-electron chi connectivity index (χ4n) is 0.141. The molecule has 0 aromatic rings. The van der Waals surface area contributed by atoms with E-state index in [9.17, 15) is 8.76 Å². The van der Waals surface area contributed by atoms with E-state index in [0.29, 0.717) is 0 Å². The average Bonchev–Trinajstić information content (AvgIpc) is 1.66. The van der Waals surface area contributed by atoms with Crippen LogP contribution in [0.3, 0.4) is 0 Å². The van der Waals surface area contributed by atoms with Gasteiger partial charge in [-0.05, 0) is 6.20 Å². The van der Waals surface area contributed by atoms with Crippen molar-refractivity contribution in [3.63, 3.8) is 0 Å². The predicted octanol–water partition coefficient (Wildman–Crippen LogP) is -0.512. The Bertz CT molecular complexity index is 94.5. The highest BCUT2D eigenvalue weighted by molar-refractivity contribution is 7.74. The van der Waals surface area contributed by atoms with Crippen molar-refractivity contribution in [3.05, 3.63) is 12.8 Å². The Kier molecular flexibility index (Phi) is 4.53. The van der Waals surface area contributed by atoms with Crippen LogP contribution < -0.4 is 5.32 Å². The molecule has 0 aliphatic carbocycles. The van der Waals surface area contributed by atoms with Crippen molar-refractivity contribution in [1.29, 1.82) is 0 Å². The molecule has 5 heteroatoms. The van der Waals surface area contributed by atoms with Crippen molar-refractivity contribution in [1.82, 2.24) is 5.32 Å². The molecule has 48 valence electrons. The highest BCUT2D eigenvalue weighted by Crippen LogP contribution is 1.72. The van der Waals surface area contributed by atoms with Crippen LogP contribution in [0.1, 0.15) is 0 Å². The van der Waals surface area contributed by atoms with Crippen molar-refractivity contribution >= 4 is 11.4 Å². The van der Waals surface area contributed by atoms with Gasteiger partial charge in [-0.15, -0.1) is 0 Å². The maximum atomic E-state index is 9.58. The zero-order valence-corrected chi connectivity index (χ0v) is 4.94. The standard InChI is InChI=1S/C3H7NO3S/c1-2-4-3-7-8(5)6/h2,4H,1,3H2,(H,5,6)/p-1. The zero-order valence-electron chi connectivity index (χ0n) is 4.12. The van der Waals surface area contributed by atoms with E-state index in [2.05, 4.69) is 16.1 Å². The highest BCUT2D eigenvalue weighted by atomic mass is 32.2. The summed E-state index contributed by atoms with van der Waals surface area (Å²) in [5, 5.41) is 2.43. The summed E-state index contributed by atoms with van der Waals surface area (Å²) in [6.07, 6.45) is 1.34. The third kappa shape index (κ3) is 5.61. The second kappa shape index (κ2) is 4.76. The van der Waals surface area contributed by atoms with Gasteiger partial charge in [0.15, 0.2) is 0 Å². The molecule has 0 amide bonds. The van der Waals surface area contributed by atoms with E-state index in [0.717, 1.165) is 0 Å². The Hall–Kier alpha value is -0.390. The summed E-state index contributed by atoms with van der Waals surface area (Å²) >= 11 is -2.43. The van der Waals surface area contributed by atoms with E-state index in [1.807, 2.05) is 0 Å². The molecule has 0 bridgehead atoms. The SMILES string of the molecule is C=CNCOS(=O)[O-]. The molecule has 0 spiro atoms. The van der Waals surface area contributed by atoms with Crippen molar-refractivity contribution < 1.29 is 12.9 Å². The molecule has 4 nitrogen and oxygen atoms in total. The lowest BCUT2D eigenvalue weighted by molar-refractivity contribution is 0.289. The third-order valence-electron chi connectivity index (χ3n) is 0.383. The topological polar surface area (TPSA) is 61.4 Å². The lowest BCUT2D eigenvalue weighted by Gasteiger charge is -2.03. The third-order valence-corrected chi connectivity index (χ3v) is 0.693. The largest absolute Gasteiger partial charge is 0.750 e. The minimum absolute atomic E-state index is 0.0559. The maximum absolute atomic E-state index is 9.58. The van der Waals surface area contributed by atoms with Crippen molar-refractivity contribution in [2.24, 2.45) is 0 Å². The van der Waals surface area contributed by atoms with Crippen molar-refractivity contribution in [2.75, 3.05) is 6.73 Å². The molecule has 1 atom stereocenters. The van der Waals surface area contributed by atoms with Gasteiger partial charge in [-0.3, -0.25) is 4.18 Å². The Labute approximate surface area is 50.0 Å². The molecule has 0 radical (unpaired) electrons. The van der Waals surface area contributed by atoms with Crippen LogP contribution in [0.5, 0.6) is 0 Å². The quantitative estimate of drug-likeness (QED) is 0.321. The maximum Gasteiger partial charge on any atom is 0.131 e. The monoisotopic (exact) mass is 136 g/mol. The Morgan fingerprint density at radius 1 is 2.00 bits per heavy atom. The van der Waals surface area contributed by atoms with Gasteiger partial charge in [-0.1, -0.05) is 6.58 Å². The molecular weight excluding hydrogens is 130 g/mol. The first-order valence-corrected chi connectivity index (χ1v) is 2.84. The second-order valence-corrected chi connectivity index (χ2v) is 1.52. The van der Waals surface area contributed by atoms with Crippen LogP contribution in [0.25, 0.3) is 0 Å². The molecule has 0 saturated heterocycles. The lowest BCUT2D eigenvalue weighted by atomic mass is 11.0. The van der Waals surface area contributed by atoms with E-state index in [1.54, 1.807) is 0 Å². The summed E-state index contributed by atoms with van der Waals surface area (Å²) in [5.41, 5.74) is 0. The number of rotatable bonds is 4. The smallest absolute Gasteiger partial charge is 0.131 e. The molecule has 0 rings (SSSR count). The summed E-state index contributed by atoms with van der Waals surface area (Å²) in [5.74, 6) is 0. The van der Waals surface area contributed by atoms with Crippen LogP contribution in [-0.2, 0) is 15.5 Å². The van der Waals surface area contributed by atoms with Gasteiger partial charge in [0.1, 0.15) is 6.73 Å². The molecule has 0 aliphatic rings. The fourth-order valence-corrected chi connectivity index (χ4v) is 0.305. The Morgan fingerprint density at radius 3 is 3.00 bits per heavy atom. The van der Waals surface area contributed by atoms with E-state index in [-0.39, 0.29) is 6.73 Å². The molecule has 0 aromatic carbocycles. The van der Waals surface area contributed by atoms with E-state index < -0.39 is 11.4 Å². The number of nitrogens with one attached hydrogen (secondary N) is 1. The number of hydrogen-bond donors (Lipinski definition) is 1. The van der Waals surface area contributed by atoms with Crippen molar-refractivity contribution in [2.45, 2.75) is 0 Å². The first-order valence-electron chi connectivity index (χ1n) is 1.84. The molecule has 8 heavy (non-hydrogen) atoms. The minimum atomic E-state index is -2.43. The molecule has 0 saturated carbocycles. The van der Waals surface area contributed by atoms with Gasteiger partial charge in [0.2, 0.25) is 0 Å². The first kappa shape index (κ1) is 7.61. The highest BCUT2D eigenvalue weighted by Gasteiger charge is 1.76. The average molecular weight is 136 g/mol. The van der Waals surface area contributed by atoms with Crippen LogP contribution in [0.15, 0.2) is 12.8 Å². The summed E-state index contributed by atoms with van der Waals surface area (Å²) < 4.78 is 23.2. The molecular formula is C3H6NO3S-. The minimum Gasteiger partial charge on any atom is -0.750 e. The Morgan fingerprint density at radius 2 is 2.62 bits per heavy atom. The normalized spacial score (nSPS) is 12.6. The van der Waals surface area contributed by atoms with E-state index in [4.69, 9.17) is 0 Å². The predicted molar refractivity (Wildman–Crippen MR) is 28.2 cm³/mol. The molecule has 1 unspecified atom stereocenters. The molecule has 0 aromatic heterocycles. The van der Waals surface area contributed by atoms with Gasteiger partial charge in [0.05, 0.1) is 11.4 Å². The van der Waals surface area contributed by atoms with Gasteiger partial charge in [-0.2, -0.15) is 0 Å². The van der Waals surface area contributed by atoms with Crippen LogP contribution in [0.4, 0.5) is 0 Å². The van der Waals surface area contributed by atoms with Gasteiger partial charge >= 0.3 is 0 Å². The first-order chi connectivity index (χ1) is 3.77. The summed E-state index contributed by atoms with van der Waals surface area (Å²) in [7, 11) is 0. The zero-order chi connectivity index (χ0) is 6.41. The van der Waals surface area contributed by atoms with Crippen LogP contribution in [-0.4, -0.2) is 15.5 Å². The summed E-state index contributed by atoms with van der Waals surface area (Å²) in [4.78, 5) is 0. The number of hydrogen-bond acceptors (Lipinski definition) is 4. The van der Waals surface area contributed by atoms with Crippen LogP contribution in [0, 0.1) is 0 Å². The van der Waals surface area contributed by atoms with E-state index >= 15 is 0 Å². The summed E-state index contributed by atoms with van der Waals surface area (Å²) in [6.45, 7) is 3.21. The summed E-state index contributed by atoms with van der Waals surface area (Å²) in [6, 6.07) is 0. The van der Waals surface area contributed by atoms with Crippen LogP contribution >= 0.6 is 0 Å². The Balaban J connectivity index is 2.93. The molecule has 0 aliphatic heterocycles. The van der Waals surface area contributed by atoms with Gasteiger partial charge in [-0.25, -0.2) is 4.21 Å². The van der Waals surface area contributed by atoms with Gasteiger partial charge < -0.3 is 9.87 Å². The molecule has 1 N–H and O–H groups in total.